The van der Waals surface area contributed by atoms with Gasteiger partial charge in [-0.3, -0.25) is 0 Å². The maximum atomic E-state index is 2.55. The molecule has 0 spiro atoms. The van der Waals surface area contributed by atoms with E-state index in [1.165, 1.54) is 44.9 Å². The first-order valence-electron chi connectivity index (χ1n) is 8.08. The van der Waals surface area contributed by atoms with Crippen LogP contribution in [0.3, 0.4) is 0 Å². The molecule has 0 bridgehead atoms. The van der Waals surface area contributed by atoms with Crippen LogP contribution >= 0.6 is 0 Å². The number of hydrogen-bond acceptors (Lipinski definition) is 0. The van der Waals surface area contributed by atoms with Gasteiger partial charge < -0.3 is 0 Å². The van der Waals surface area contributed by atoms with Crippen LogP contribution in [0.2, 0.25) is 0 Å². The van der Waals surface area contributed by atoms with Crippen LogP contribution in [0.15, 0.2) is 0 Å². The van der Waals surface area contributed by atoms with Crippen molar-refractivity contribution in [1.82, 2.24) is 0 Å². The molecule has 0 amide bonds. The van der Waals surface area contributed by atoms with E-state index in [1.807, 2.05) is 0 Å². The van der Waals surface area contributed by atoms with E-state index in [0.717, 1.165) is 0 Å². The molecule has 0 atom stereocenters. The SMILES string of the molecule is CCCCC(C)(CCCC)C(C)(C)CC(C)(C)C. The Kier molecular flexibility index (Phi) is 6.96. The van der Waals surface area contributed by atoms with E-state index in [2.05, 4.69) is 55.4 Å². The van der Waals surface area contributed by atoms with Gasteiger partial charge in [-0.25, -0.2) is 0 Å². The third-order valence-corrected chi connectivity index (χ3v) is 4.77. The first kappa shape index (κ1) is 18.0. The van der Waals surface area contributed by atoms with E-state index in [9.17, 15) is 0 Å². The Morgan fingerprint density at radius 1 is 0.667 bits per heavy atom. The van der Waals surface area contributed by atoms with Crippen molar-refractivity contribution >= 4 is 0 Å². The van der Waals surface area contributed by atoms with Crippen molar-refractivity contribution in [3.05, 3.63) is 0 Å². The fourth-order valence-electron chi connectivity index (χ4n) is 3.47. The van der Waals surface area contributed by atoms with Gasteiger partial charge in [0.1, 0.15) is 0 Å². The van der Waals surface area contributed by atoms with Gasteiger partial charge in [0.15, 0.2) is 0 Å². The first-order valence-corrected chi connectivity index (χ1v) is 8.08. The molecule has 0 aliphatic heterocycles. The number of hydrogen-bond donors (Lipinski definition) is 0. The molecule has 0 radical (unpaired) electrons. The second-order valence-corrected chi connectivity index (χ2v) is 8.39. The highest BCUT2D eigenvalue weighted by atomic mass is 14.5. The molecular weight excluding hydrogens is 216 g/mol. The van der Waals surface area contributed by atoms with Crippen molar-refractivity contribution in [2.24, 2.45) is 16.2 Å². The fraction of sp³-hybridized carbons (Fsp3) is 1.00. The van der Waals surface area contributed by atoms with Crippen LogP contribution in [0.5, 0.6) is 0 Å². The molecule has 0 rings (SSSR count). The lowest BCUT2D eigenvalue weighted by atomic mass is 9.57. The Morgan fingerprint density at radius 3 is 1.33 bits per heavy atom. The molecule has 0 heterocycles. The van der Waals surface area contributed by atoms with Crippen LogP contribution in [0.25, 0.3) is 0 Å². The van der Waals surface area contributed by atoms with E-state index < -0.39 is 0 Å². The van der Waals surface area contributed by atoms with E-state index in [0.29, 0.717) is 16.2 Å². The topological polar surface area (TPSA) is 0 Å². The maximum absolute atomic E-state index is 2.55. The zero-order chi connectivity index (χ0) is 14.4. The fourth-order valence-corrected chi connectivity index (χ4v) is 3.47. The lowest BCUT2D eigenvalue weighted by Gasteiger charge is -2.48. The molecule has 0 heteroatoms. The highest BCUT2D eigenvalue weighted by molar-refractivity contribution is 4.91. The summed E-state index contributed by atoms with van der Waals surface area (Å²) in [6.07, 6.45) is 9.53. The van der Waals surface area contributed by atoms with Crippen molar-refractivity contribution < 1.29 is 0 Å². The normalized spacial score (nSPS) is 14.0. The third-order valence-electron chi connectivity index (χ3n) is 4.77. The van der Waals surface area contributed by atoms with Crippen LogP contribution in [0.1, 0.15) is 100 Å². The molecule has 0 aromatic rings. The van der Waals surface area contributed by atoms with Crippen LogP contribution < -0.4 is 0 Å². The highest BCUT2D eigenvalue weighted by Crippen LogP contribution is 2.52. The second kappa shape index (κ2) is 6.96. The van der Waals surface area contributed by atoms with Crippen LogP contribution in [-0.2, 0) is 0 Å². The lowest BCUT2D eigenvalue weighted by Crippen LogP contribution is -2.38. The zero-order valence-electron chi connectivity index (χ0n) is 14.4. The molecule has 0 N–H and O–H groups in total. The monoisotopic (exact) mass is 254 g/mol. The van der Waals surface area contributed by atoms with E-state index in [4.69, 9.17) is 0 Å². The molecule has 0 aromatic carbocycles. The summed E-state index contributed by atoms with van der Waals surface area (Å²) in [6.45, 7) is 19.3. The molecule has 0 saturated heterocycles. The van der Waals surface area contributed by atoms with E-state index >= 15 is 0 Å². The molecule has 0 nitrogen and oxygen atoms in total. The molecule has 0 unspecified atom stereocenters. The average Bonchev–Trinajstić information content (AvgIpc) is 2.19. The summed E-state index contributed by atoms with van der Waals surface area (Å²) in [6, 6.07) is 0. The molecule has 110 valence electrons. The Hall–Kier alpha value is 0. The number of unbranched alkanes of at least 4 members (excludes halogenated alkanes) is 2. The highest BCUT2D eigenvalue weighted by Gasteiger charge is 2.41. The summed E-state index contributed by atoms with van der Waals surface area (Å²) in [5.41, 5.74) is 1.38. The summed E-state index contributed by atoms with van der Waals surface area (Å²) in [4.78, 5) is 0. The van der Waals surface area contributed by atoms with Gasteiger partial charge in [0.05, 0.1) is 0 Å². The Bertz CT molecular complexity index is 209. The molecule has 18 heavy (non-hydrogen) atoms. The number of rotatable bonds is 8. The van der Waals surface area contributed by atoms with Crippen molar-refractivity contribution in [3.8, 4) is 0 Å². The molecular formula is C18H38. The average molecular weight is 255 g/mol. The summed E-state index contributed by atoms with van der Waals surface area (Å²) < 4.78 is 0. The molecule has 0 aliphatic rings. The minimum Gasteiger partial charge on any atom is -0.0654 e. The van der Waals surface area contributed by atoms with Crippen LogP contribution in [0.4, 0.5) is 0 Å². The Labute approximate surface area is 117 Å². The lowest BCUT2D eigenvalue weighted by molar-refractivity contribution is 0.0227. The second-order valence-electron chi connectivity index (χ2n) is 8.39. The summed E-state index contributed by atoms with van der Waals surface area (Å²) in [7, 11) is 0. The zero-order valence-corrected chi connectivity index (χ0v) is 14.4. The standard InChI is InChI=1S/C18H38/c1-9-11-13-18(8,14-12-10-2)17(6,7)15-16(3,4)5/h9-15H2,1-8H3. The smallest absolute Gasteiger partial charge is 0.0274 e. The predicted molar refractivity (Wildman–Crippen MR) is 85.0 cm³/mol. The summed E-state index contributed by atoms with van der Waals surface area (Å²) in [5, 5.41) is 0. The maximum Gasteiger partial charge on any atom is -0.0274 e. The summed E-state index contributed by atoms with van der Waals surface area (Å²) in [5.74, 6) is 0. The molecule has 0 fully saturated rings. The first-order chi connectivity index (χ1) is 8.08. The van der Waals surface area contributed by atoms with Gasteiger partial charge in [-0.15, -0.1) is 0 Å². The minimum absolute atomic E-state index is 0.434. The van der Waals surface area contributed by atoms with Gasteiger partial charge in [-0.05, 0) is 35.5 Å². The van der Waals surface area contributed by atoms with Crippen LogP contribution in [-0.4, -0.2) is 0 Å². The van der Waals surface area contributed by atoms with Gasteiger partial charge in [0.25, 0.3) is 0 Å². The van der Waals surface area contributed by atoms with Crippen molar-refractivity contribution in [3.63, 3.8) is 0 Å². The van der Waals surface area contributed by atoms with Crippen molar-refractivity contribution in [1.29, 1.82) is 0 Å². The largest absolute Gasteiger partial charge is 0.0654 e. The third kappa shape index (κ3) is 5.76. The van der Waals surface area contributed by atoms with Gasteiger partial charge in [-0.2, -0.15) is 0 Å². The minimum atomic E-state index is 0.434. The molecule has 0 aliphatic carbocycles. The Balaban J connectivity index is 4.90. The Morgan fingerprint density at radius 2 is 1.06 bits per heavy atom. The van der Waals surface area contributed by atoms with E-state index in [1.54, 1.807) is 0 Å². The van der Waals surface area contributed by atoms with E-state index in [-0.39, 0.29) is 0 Å². The van der Waals surface area contributed by atoms with Gasteiger partial charge in [0.2, 0.25) is 0 Å². The quantitative estimate of drug-likeness (QED) is 0.445. The summed E-state index contributed by atoms with van der Waals surface area (Å²) >= 11 is 0. The van der Waals surface area contributed by atoms with Gasteiger partial charge >= 0.3 is 0 Å². The predicted octanol–water partition coefficient (Wildman–Crippen LogP) is 6.84. The van der Waals surface area contributed by atoms with Gasteiger partial charge in [0, 0.05) is 0 Å². The molecule has 0 aromatic heterocycles. The molecule has 0 saturated carbocycles. The van der Waals surface area contributed by atoms with Crippen molar-refractivity contribution in [2.45, 2.75) is 100 Å². The van der Waals surface area contributed by atoms with Crippen molar-refractivity contribution in [2.75, 3.05) is 0 Å². The van der Waals surface area contributed by atoms with Crippen LogP contribution in [0, 0.1) is 16.2 Å². The van der Waals surface area contributed by atoms with Gasteiger partial charge in [-0.1, -0.05) is 81.1 Å².